The van der Waals surface area contributed by atoms with Gasteiger partial charge in [-0.25, -0.2) is 10.8 Å². The SMILES string of the molecule is CCN(Cc1ccccn1)C(=O)c1cc(Br)cnc1NN. The maximum absolute atomic E-state index is 12.7. The van der Waals surface area contributed by atoms with Gasteiger partial charge in [0.15, 0.2) is 5.82 Å². The first-order valence-corrected chi connectivity index (χ1v) is 7.26. The lowest BCUT2D eigenvalue weighted by molar-refractivity contribution is 0.0751. The third-order valence-electron chi connectivity index (χ3n) is 2.97. The zero-order chi connectivity index (χ0) is 15.2. The largest absolute Gasteiger partial charge is 0.333 e. The molecule has 6 nitrogen and oxygen atoms in total. The molecule has 0 saturated heterocycles. The second-order valence-electron chi connectivity index (χ2n) is 4.33. The van der Waals surface area contributed by atoms with Crippen LogP contribution in [0.1, 0.15) is 23.0 Å². The maximum Gasteiger partial charge on any atom is 0.258 e. The van der Waals surface area contributed by atoms with E-state index in [1.807, 2.05) is 25.1 Å². The van der Waals surface area contributed by atoms with Crippen molar-refractivity contribution in [3.63, 3.8) is 0 Å². The maximum atomic E-state index is 12.7. The fourth-order valence-electron chi connectivity index (χ4n) is 1.90. The summed E-state index contributed by atoms with van der Waals surface area (Å²) in [5, 5.41) is 0. The molecule has 0 atom stereocenters. The van der Waals surface area contributed by atoms with E-state index in [0.29, 0.717) is 24.5 Å². The lowest BCUT2D eigenvalue weighted by atomic mass is 10.2. The molecule has 3 N–H and O–H groups in total. The molecule has 0 radical (unpaired) electrons. The van der Waals surface area contributed by atoms with Crippen LogP contribution in [-0.2, 0) is 6.54 Å². The van der Waals surface area contributed by atoms with E-state index in [1.54, 1.807) is 23.4 Å². The van der Waals surface area contributed by atoms with Gasteiger partial charge in [0.2, 0.25) is 0 Å². The molecule has 0 saturated carbocycles. The second-order valence-corrected chi connectivity index (χ2v) is 5.25. The molecule has 7 heteroatoms. The van der Waals surface area contributed by atoms with E-state index in [-0.39, 0.29) is 5.91 Å². The molecule has 0 unspecified atom stereocenters. The van der Waals surface area contributed by atoms with Gasteiger partial charge in [0.25, 0.3) is 5.91 Å². The Hall–Kier alpha value is -1.99. The molecule has 0 fully saturated rings. The highest BCUT2D eigenvalue weighted by molar-refractivity contribution is 9.10. The minimum atomic E-state index is -0.148. The first-order valence-electron chi connectivity index (χ1n) is 6.47. The molecule has 0 spiro atoms. The number of rotatable bonds is 5. The Balaban J connectivity index is 2.26. The highest BCUT2D eigenvalue weighted by atomic mass is 79.9. The van der Waals surface area contributed by atoms with Crippen LogP contribution in [0.2, 0.25) is 0 Å². The number of nitrogen functional groups attached to an aromatic ring is 1. The topological polar surface area (TPSA) is 84.1 Å². The van der Waals surface area contributed by atoms with Crippen molar-refractivity contribution in [1.82, 2.24) is 14.9 Å². The molecular formula is C14H16BrN5O. The van der Waals surface area contributed by atoms with Gasteiger partial charge in [-0.05, 0) is 41.1 Å². The number of halogens is 1. The Bertz CT molecular complexity index is 620. The van der Waals surface area contributed by atoms with E-state index in [0.717, 1.165) is 10.2 Å². The highest BCUT2D eigenvalue weighted by Gasteiger charge is 2.19. The number of aromatic nitrogens is 2. The molecule has 0 aliphatic heterocycles. The van der Waals surface area contributed by atoms with Crippen molar-refractivity contribution >= 4 is 27.7 Å². The van der Waals surface area contributed by atoms with Gasteiger partial charge in [-0.15, -0.1) is 0 Å². The molecular weight excluding hydrogens is 334 g/mol. The van der Waals surface area contributed by atoms with Crippen molar-refractivity contribution in [1.29, 1.82) is 0 Å². The van der Waals surface area contributed by atoms with E-state index in [9.17, 15) is 4.79 Å². The third kappa shape index (κ3) is 3.77. The predicted molar refractivity (Wildman–Crippen MR) is 84.4 cm³/mol. The number of hydrazine groups is 1. The summed E-state index contributed by atoms with van der Waals surface area (Å²) in [7, 11) is 0. The van der Waals surface area contributed by atoms with Crippen LogP contribution in [0.25, 0.3) is 0 Å². The van der Waals surface area contributed by atoms with Crippen LogP contribution >= 0.6 is 15.9 Å². The van der Waals surface area contributed by atoms with E-state index in [4.69, 9.17) is 5.84 Å². The number of carbonyl (C=O) groups excluding carboxylic acids is 1. The van der Waals surface area contributed by atoms with Gasteiger partial charge in [0.1, 0.15) is 0 Å². The van der Waals surface area contributed by atoms with Crippen molar-refractivity contribution in [2.24, 2.45) is 5.84 Å². The molecule has 2 heterocycles. The Kier molecular flexibility index (Phi) is 5.24. The minimum absolute atomic E-state index is 0.148. The summed E-state index contributed by atoms with van der Waals surface area (Å²) in [5.41, 5.74) is 3.70. The lowest BCUT2D eigenvalue weighted by Crippen LogP contribution is -2.31. The van der Waals surface area contributed by atoms with E-state index in [2.05, 4.69) is 31.3 Å². The molecule has 21 heavy (non-hydrogen) atoms. The Morgan fingerprint density at radius 1 is 1.43 bits per heavy atom. The lowest BCUT2D eigenvalue weighted by Gasteiger charge is -2.21. The van der Waals surface area contributed by atoms with Crippen molar-refractivity contribution in [3.8, 4) is 0 Å². The quantitative estimate of drug-likeness (QED) is 0.638. The van der Waals surface area contributed by atoms with Gasteiger partial charge < -0.3 is 10.3 Å². The van der Waals surface area contributed by atoms with Crippen molar-refractivity contribution in [3.05, 3.63) is 52.4 Å². The first-order chi connectivity index (χ1) is 10.2. The van der Waals surface area contributed by atoms with Crippen LogP contribution in [0.4, 0.5) is 5.82 Å². The number of anilines is 1. The standard InChI is InChI=1S/C14H16BrN5O/c1-2-20(9-11-5-3-4-6-17-11)14(21)12-7-10(15)8-18-13(12)19-16/h3-8H,2,9,16H2,1H3,(H,18,19). The number of nitrogens with zero attached hydrogens (tertiary/aromatic N) is 3. The van der Waals surface area contributed by atoms with Crippen LogP contribution < -0.4 is 11.3 Å². The Labute approximate surface area is 131 Å². The monoisotopic (exact) mass is 349 g/mol. The highest BCUT2D eigenvalue weighted by Crippen LogP contribution is 2.19. The fraction of sp³-hybridized carbons (Fsp3) is 0.214. The number of hydrogen-bond acceptors (Lipinski definition) is 5. The number of nitrogens with two attached hydrogens (primary N) is 1. The molecule has 0 aromatic carbocycles. The van der Waals surface area contributed by atoms with Crippen LogP contribution in [0, 0.1) is 0 Å². The van der Waals surface area contributed by atoms with Gasteiger partial charge in [0, 0.05) is 23.4 Å². The normalized spacial score (nSPS) is 10.2. The van der Waals surface area contributed by atoms with E-state index >= 15 is 0 Å². The Morgan fingerprint density at radius 3 is 2.86 bits per heavy atom. The second kappa shape index (κ2) is 7.14. The molecule has 0 bridgehead atoms. The van der Waals surface area contributed by atoms with Crippen LogP contribution in [0.15, 0.2) is 41.1 Å². The van der Waals surface area contributed by atoms with Gasteiger partial charge >= 0.3 is 0 Å². The molecule has 0 aliphatic carbocycles. The van der Waals surface area contributed by atoms with Gasteiger partial charge in [-0.1, -0.05) is 6.07 Å². The summed E-state index contributed by atoms with van der Waals surface area (Å²) in [6.45, 7) is 2.92. The smallest absolute Gasteiger partial charge is 0.258 e. The fourth-order valence-corrected chi connectivity index (χ4v) is 2.23. The van der Waals surface area contributed by atoms with Crippen molar-refractivity contribution < 1.29 is 4.79 Å². The number of pyridine rings is 2. The number of carbonyl (C=O) groups is 1. The molecule has 2 rings (SSSR count). The van der Waals surface area contributed by atoms with E-state index < -0.39 is 0 Å². The zero-order valence-electron chi connectivity index (χ0n) is 11.6. The van der Waals surface area contributed by atoms with Gasteiger partial charge in [-0.3, -0.25) is 9.78 Å². The van der Waals surface area contributed by atoms with Crippen molar-refractivity contribution in [2.45, 2.75) is 13.5 Å². The summed E-state index contributed by atoms with van der Waals surface area (Å²) in [5.74, 6) is 5.62. The zero-order valence-corrected chi connectivity index (χ0v) is 13.2. The van der Waals surface area contributed by atoms with Crippen LogP contribution in [0.5, 0.6) is 0 Å². The third-order valence-corrected chi connectivity index (χ3v) is 3.40. The number of hydrogen-bond donors (Lipinski definition) is 2. The molecule has 0 aliphatic rings. The average Bonchev–Trinajstić information content (AvgIpc) is 2.53. The van der Waals surface area contributed by atoms with Crippen LogP contribution in [0.3, 0.4) is 0 Å². The number of amides is 1. The summed E-state index contributed by atoms with van der Waals surface area (Å²) in [6.07, 6.45) is 3.29. The van der Waals surface area contributed by atoms with Gasteiger partial charge in [0.05, 0.1) is 17.8 Å². The molecule has 110 valence electrons. The predicted octanol–water partition coefficient (Wildman–Crippen LogP) is 2.19. The first kappa shape index (κ1) is 15.4. The molecule has 2 aromatic heterocycles. The number of nitrogens with one attached hydrogen (secondary N) is 1. The van der Waals surface area contributed by atoms with Crippen LogP contribution in [-0.4, -0.2) is 27.3 Å². The van der Waals surface area contributed by atoms with Crippen molar-refractivity contribution in [2.75, 3.05) is 12.0 Å². The molecule has 2 aromatic rings. The summed E-state index contributed by atoms with van der Waals surface area (Å²) >= 11 is 3.32. The summed E-state index contributed by atoms with van der Waals surface area (Å²) in [6, 6.07) is 7.33. The summed E-state index contributed by atoms with van der Waals surface area (Å²) < 4.78 is 0.721. The van der Waals surface area contributed by atoms with Gasteiger partial charge in [-0.2, -0.15) is 0 Å². The molecule has 1 amide bonds. The summed E-state index contributed by atoms with van der Waals surface area (Å²) in [4.78, 5) is 22.7. The Morgan fingerprint density at radius 2 is 2.24 bits per heavy atom. The minimum Gasteiger partial charge on any atom is -0.333 e. The van der Waals surface area contributed by atoms with E-state index in [1.165, 1.54) is 0 Å². The average molecular weight is 350 g/mol.